The molecule has 0 aliphatic rings. The highest BCUT2D eigenvalue weighted by molar-refractivity contribution is 5.71. The zero-order valence-electron chi connectivity index (χ0n) is 46.6. The Labute approximate surface area is 430 Å². The SMILES string of the molecule is CCCCC/C=C\C/C=C\CCCCCCCC(=O)OC[C@H](COC(=O)CCCCCCCCCCCCCCCCCCCCC)OC(=O)CCCCCCCCCCCCCCCCCCC. The minimum Gasteiger partial charge on any atom is -0.462 e. The van der Waals surface area contributed by atoms with Crippen LogP contribution < -0.4 is 0 Å². The van der Waals surface area contributed by atoms with Gasteiger partial charge in [0.05, 0.1) is 0 Å². The lowest BCUT2D eigenvalue weighted by Gasteiger charge is -2.18. The van der Waals surface area contributed by atoms with Gasteiger partial charge in [-0.2, -0.15) is 0 Å². The number of ether oxygens (including phenoxy) is 3. The van der Waals surface area contributed by atoms with Crippen LogP contribution in [0.1, 0.15) is 342 Å². The van der Waals surface area contributed by atoms with E-state index in [4.69, 9.17) is 14.2 Å². The van der Waals surface area contributed by atoms with E-state index in [0.29, 0.717) is 19.3 Å². The lowest BCUT2D eigenvalue weighted by Crippen LogP contribution is -2.30. The van der Waals surface area contributed by atoms with E-state index in [9.17, 15) is 14.4 Å². The molecule has 0 spiro atoms. The maximum Gasteiger partial charge on any atom is 0.306 e. The largest absolute Gasteiger partial charge is 0.462 e. The number of allylic oxidation sites excluding steroid dienone is 4. The molecule has 69 heavy (non-hydrogen) atoms. The van der Waals surface area contributed by atoms with Crippen LogP contribution in [0.5, 0.6) is 0 Å². The summed E-state index contributed by atoms with van der Waals surface area (Å²) in [7, 11) is 0. The molecule has 0 aromatic rings. The molecule has 0 saturated heterocycles. The molecule has 0 amide bonds. The average molecular weight is 972 g/mol. The molecule has 0 saturated carbocycles. The fourth-order valence-electron chi connectivity index (χ4n) is 9.30. The van der Waals surface area contributed by atoms with E-state index in [0.717, 1.165) is 77.0 Å². The molecule has 6 heteroatoms. The van der Waals surface area contributed by atoms with Crippen molar-refractivity contribution in [1.29, 1.82) is 0 Å². The van der Waals surface area contributed by atoms with Gasteiger partial charge in [-0.15, -0.1) is 0 Å². The minimum absolute atomic E-state index is 0.0697. The van der Waals surface area contributed by atoms with Crippen molar-refractivity contribution in [2.75, 3.05) is 13.2 Å². The van der Waals surface area contributed by atoms with Gasteiger partial charge in [0.1, 0.15) is 13.2 Å². The Morgan fingerprint density at radius 3 is 0.826 bits per heavy atom. The molecule has 1 atom stereocenters. The quantitative estimate of drug-likeness (QED) is 0.0261. The molecule has 0 bridgehead atoms. The lowest BCUT2D eigenvalue weighted by molar-refractivity contribution is -0.167. The maximum atomic E-state index is 12.9. The first kappa shape index (κ1) is 66.9. The Bertz CT molecular complexity index is 1110. The smallest absolute Gasteiger partial charge is 0.306 e. The molecular formula is C63H118O6. The van der Waals surface area contributed by atoms with Gasteiger partial charge in [0, 0.05) is 19.3 Å². The van der Waals surface area contributed by atoms with Crippen LogP contribution in [0.3, 0.4) is 0 Å². The van der Waals surface area contributed by atoms with Crippen molar-refractivity contribution < 1.29 is 28.6 Å². The highest BCUT2D eigenvalue weighted by atomic mass is 16.6. The molecule has 0 fully saturated rings. The van der Waals surface area contributed by atoms with Crippen LogP contribution in [-0.4, -0.2) is 37.2 Å². The minimum atomic E-state index is -0.772. The van der Waals surface area contributed by atoms with Gasteiger partial charge >= 0.3 is 17.9 Å². The van der Waals surface area contributed by atoms with Gasteiger partial charge in [0.15, 0.2) is 6.10 Å². The highest BCUT2D eigenvalue weighted by Crippen LogP contribution is 2.18. The number of hydrogen-bond acceptors (Lipinski definition) is 6. The third-order valence-electron chi connectivity index (χ3n) is 14.0. The first-order valence-electron chi connectivity index (χ1n) is 30.8. The van der Waals surface area contributed by atoms with E-state index in [2.05, 4.69) is 45.1 Å². The van der Waals surface area contributed by atoms with Crippen LogP contribution in [0.15, 0.2) is 24.3 Å². The molecule has 6 nitrogen and oxygen atoms in total. The average Bonchev–Trinajstić information content (AvgIpc) is 3.35. The van der Waals surface area contributed by atoms with Crippen molar-refractivity contribution >= 4 is 17.9 Å². The van der Waals surface area contributed by atoms with Crippen LogP contribution in [0, 0.1) is 0 Å². The number of rotatable bonds is 57. The molecule has 0 unspecified atom stereocenters. The second-order valence-electron chi connectivity index (χ2n) is 21.0. The lowest BCUT2D eigenvalue weighted by atomic mass is 10.0. The first-order valence-corrected chi connectivity index (χ1v) is 30.8. The molecular weight excluding hydrogens is 853 g/mol. The van der Waals surface area contributed by atoms with Gasteiger partial charge in [0.2, 0.25) is 0 Å². The summed E-state index contributed by atoms with van der Waals surface area (Å²) in [5.41, 5.74) is 0. The van der Waals surface area contributed by atoms with Crippen LogP contribution in [0.2, 0.25) is 0 Å². The van der Waals surface area contributed by atoms with Gasteiger partial charge in [-0.05, 0) is 51.4 Å². The van der Waals surface area contributed by atoms with Crippen molar-refractivity contribution in [3.8, 4) is 0 Å². The van der Waals surface area contributed by atoms with Crippen LogP contribution >= 0.6 is 0 Å². The summed E-state index contributed by atoms with van der Waals surface area (Å²) >= 11 is 0. The predicted molar refractivity (Wildman–Crippen MR) is 298 cm³/mol. The van der Waals surface area contributed by atoms with Crippen LogP contribution in [0.25, 0.3) is 0 Å². The zero-order chi connectivity index (χ0) is 50.0. The zero-order valence-corrected chi connectivity index (χ0v) is 46.6. The Morgan fingerprint density at radius 2 is 0.522 bits per heavy atom. The maximum absolute atomic E-state index is 12.9. The molecule has 0 radical (unpaired) electrons. The molecule has 0 aromatic carbocycles. The number of hydrogen-bond donors (Lipinski definition) is 0. The van der Waals surface area contributed by atoms with E-state index >= 15 is 0 Å². The summed E-state index contributed by atoms with van der Waals surface area (Å²) in [4.78, 5) is 38.2. The normalized spacial score (nSPS) is 12.1. The molecule has 0 N–H and O–H groups in total. The van der Waals surface area contributed by atoms with Gasteiger partial charge < -0.3 is 14.2 Å². The summed E-state index contributed by atoms with van der Waals surface area (Å²) in [6.07, 6.45) is 68.9. The topological polar surface area (TPSA) is 78.9 Å². The van der Waals surface area contributed by atoms with E-state index in [1.54, 1.807) is 0 Å². The number of carbonyl (C=O) groups excluding carboxylic acids is 3. The molecule has 0 rings (SSSR count). The summed E-state index contributed by atoms with van der Waals surface area (Å²) in [6, 6.07) is 0. The van der Waals surface area contributed by atoms with Crippen molar-refractivity contribution in [3.05, 3.63) is 24.3 Å². The first-order chi connectivity index (χ1) is 34.0. The molecule has 0 aliphatic heterocycles. The summed E-state index contributed by atoms with van der Waals surface area (Å²) in [5, 5.41) is 0. The number of unbranched alkanes of at least 4 members (excludes halogenated alkanes) is 42. The Morgan fingerprint density at radius 1 is 0.290 bits per heavy atom. The Balaban J connectivity index is 4.32. The van der Waals surface area contributed by atoms with E-state index < -0.39 is 6.10 Å². The molecule has 0 heterocycles. The van der Waals surface area contributed by atoms with E-state index in [1.807, 2.05) is 0 Å². The predicted octanol–water partition coefficient (Wildman–Crippen LogP) is 20.7. The van der Waals surface area contributed by atoms with Gasteiger partial charge in [0.25, 0.3) is 0 Å². The van der Waals surface area contributed by atoms with Crippen molar-refractivity contribution in [2.45, 2.75) is 348 Å². The van der Waals surface area contributed by atoms with Crippen molar-refractivity contribution in [1.82, 2.24) is 0 Å². The van der Waals surface area contributed by atoms with Crippen LogP contribution in [0.4, 0.5) is 0 Å². The summed E-state index contributed by atoms with van der Waals surface area (Å²) in [5.74, 6) is -0.858. The molecule has 0 aliphatic carbocycles. The van der Waals surface area contributed by atoms with Gasteiger partial charge in [-0.25, -0.2) is 0 Å². The highest BCUT2D eigenvalue weighted by Gasteiger charge is 2.19. The number of esters is 3. The second kappa shape index (κ2) is 58.5. The Kier molecular flexibility index (Phi) is 56.7. The molecule has 0 aromatic heterocycles. The fourth-order valence-corrected chi connectivity index (χ4v) is 9.30. The Hall–Kier alpha value is -2.11. The van der Waals surface area contributed by atoms with Crippen molar-refractivity contribution in [2.24, 2.45) is 0 Å². The van der Waals surface area contributed by atoms with Gasteiger partial charge in [-0.1, -0.05) is 295 Å². The standard InChI is InChI=1S/C63H118O6/c1-4-7-10-13-16-19-22-25-28-30-31-33-35-38-41-44-47-50-53-56-62(65)68-59-60(58-67-61(64)55-52-49-46-43-40-37-34-27-24-21-18-15-12-9-6-3)69-63(66)57-54-51-48-45-42-39-36-32-29-26-23-20-17-14-11-8-5-2/h18,21,27,34,60H,4-17,19-20,22-26,28-33,35-59H2,1-3H3/b21-18-,34-27-/t60-/m1/s1. The monoisotopic (exact) mass is 971 g/mol. The summed E-state index contributed by atoms with van der Waals surface area (Å²) in [6.45, 7) is 6.67. The third kappa shape index (κ3) is 56.7. The van der Waals surface area contributed by atoms with E-state index in [1.165, 1.54) is 225 Å². The third-order valence-corrected chi connectivity index (χ3v) is 14.0. The second-order valence-corrected chi connectivity index (χ2v) is 21.0. The van der Waals surface area contributed by atoms with Crippen molar-refractivity contribution in [3.63, 3.8) is 0 Å². The van der Waals surface area contributed by atoms with Gasteiger partial charge in [-0.3, -0.25) is 14.4 Å². The molecule has 406 valence electrons. The van der Waals surface area contributed by atoms with E-state index in [-0.39, 0.29) is 31.1 Å². The number of carbonyl (C=O) groups is 3. The fraction of sp³-hybridized carbons (Fsp3) is 0.889. The van der Waals surface area contributed by atoms with Crippen LogP contribution in [-0.2, 0) is 28.6 Å². The summed E-state index contributed by atoms with van der Waals surface area (Å²) < 4.78 is 16.9.